The van der Waals surface area contributed by atoms with Gasteiger partial charge < -0.3 is 25.5 Å². The molecule has 0 radical (unpaired) electrons. The van der Waals surface area contributed by atoms with Gasteiger partial charge >= 0.3 is 0 Å². The third-order valence-electron chi connectivity index (χ3n) is 16.9. The molecule has 2 atom stereocenters. The van der Waals surface area contributed by atoms with Gasteiger partial charge in [-0.15, -0.1) is 22.7 Å². The summed E-state index contributed by atoms with van der Waals surface area (Å²) in [6.45, 7) is 17.7. The number of hydrogen-bond donors (Lipinski definition) is 5. The minimum Gasteiger partial charge on any atom is -0.389 e. The zero-order valence-corrected chi connectivity index (χ0v) is 53.8. The maximum absolute atomic E-state index is 14.8. The summed E-state index contributed by atoms with van der Waals surface area (Å²) in [4.78, 5) is 70.9. The summed E-state index contributed by atoms with van der Waals surface area (Å²) in [5.74, 6) is -1.75. The van der Waals surface area contributed by atoms with Crippen LogP contribution >= 0.6 is 22.7 Å². The van der Waals surface area contributed by atoms with Gasteiger partial charge in [0.25, 0.3) is 23.6 Å². The van der Waals surface area contributed by atoms with E-state index in [2.05, 4.69) is 32.0 Å². The van der Waals surface area contributed by atoms with Crippen molar-refractivity contribution in [2.75, 3.05) is 38.5 Å². The van der Waals surface area contributed by atoms with Crippen molar-refractivity contribution in [2.24, 2.45) is 11.8 Å². The van der Waals surface area contributed by atoms with Gasteiger partial charge in [-0.1, -0.05) is 81.4 Å². The van der Waals surface area contributed by atoms with Crippen molar-refractivity contribution >= 4 is 97.7 Å². The number of sulfone groups is 1. The van der Waals surface area contributed by atoms with E-state index in [1.165, 1.54) is 12.1 Å². The van der Waals surface area contributed by atoms with Gasteiger partial charge in [-0.05, 0) is 134 Å². The van der Waals surface area contributed by atoms with Crippen LogP contribution in [0.5, 0.6) is 0 Å². The Hall–Kier alpha value is -5.73. The van der Waals surface area contributed by atoms with Crippen molar-refractivity contribution in [3.8, 4) is 20.9 Å². The molecule has 5 heterocycles. The first-order valence-electron chi connectivity index (χ1n) is 29.1. The number of carbonyl (C=O) groups excluding carboxylic acids is 4. The van der Waals surface area contributed by atoms with Crippen LogP contribution in [0.25, 0.3) is 42.4 Å². The van der Waals surface area contributed by atoms with Crippen molar-refractivity contribution in [3.05, 3.63) is 94.2 Å². The molecule has 2 unspecified atom stereocenters. The van der Waals surface area contributed by atoms with Crippen LogP contribution in [0.15, 0.2) is 82.6 Å². The van der Waals surface area contributed by atoms with Crippen molar-refractivity contribution in [3.63, 3.8) is 0 Å². The van der Waals surface area contributed by atoms with E-state index in [-0.39, 0.29) is 81.2 Å². The molecule has 19 nitrogen and oxygen atoms in total. The van der Waals surface area contributed by atoms with Crippen LogP contribution in [-0.4, -0.2) is 140 Å². The first-order valence-corrected chi connectivity index (χ1v) is 35.5. The standard InChI is InChI=1S/C61H78N8O11S5/c1-10-59(4,5)66-84(77,78)47-22-20-45(41-16-12-14-18-43(41)47)51-49(64-55(81-51)53(70)62-36-61(8,9)74)58(73)69-31-26-38(27-32-69)34-40-35-39(28-33-83(40,75)76)63-54(71)56-65-50(57(72)68-29-24-37(3)25-30-68)52(82-56)46-21-23-48(44-19-15-13-17-42(44)46)85(79,80)67-60(6,7)11-2/h12-23,37-40,66-67,74H,10-11,24-36H2,1-9H3,(H,62,70)(H,63,71). The number of likely N-dealkylation sites (tertiary alicyclic amines) is 2. The molecular formula is C61H78N8O11S5. The Morgan fingerprint density at radius 3 is 1.52 bits per heavy atom. The molecule has 0 spiro atoms. The molecule has 4 aromatic carbocycles. The number of thiazole rings is 2. The molecule has 4 amide bonds. The van der Waals surface area contributed by atoms with Crippen LogP contribution in [0, 0.1) is 11.8 Å². The Balaban J connectivity index is 0.931. The lowest BCUT2D eigenvalue weighted by atomic mass is 9.89. The Kier molecular flexibility index (Phi) is 18.6. The zero-order valence-electron chi connectivity index (χ0n) is 49.7. The third-order valence-corrected chi connectivity index (χ3v) is 24.8. The summed E-state index contributed by atoms with van der Waals surface area (Å²) in [6, 6.07) is 19.8. The number of rotatable bonds is 19. The number of aliphatic hydroxyl groups is 1. The van der Waals surface area contributed by atoms with Crippen molar-refractivity contribution in [2.45, 2.75) is 158 Å². The minimum absolute atomic E-state index is 0.00234. The normalized spacial score (nSPS) is 18.7. The second kappa shape index (κ2) is 24.8. The second-order valence-corrected chi connectivity index (χ2v) is 32.7. The highest BCUT2D eigenvalue weighted by molar-refractivity contribution is 7.92. The van der Waals surface area contributed by atoms with Crippen molar-refractivity contribution in [1.82, 2.24) is 39.8 Å². The molecule has 0 bridgehead atoms. The fourth-order valence-electron chi connectivity index (χ4n) is 11.2. The van der Waals surface area contributed by atoms with Gasteiger partial charge in [-0.3, -0.25) is 19.2 Å². The number of aromatic nitrogens is 2. The predicted molar refractivity (Wildman–Crippen MR) is 334 cm³/mol. The summed E-state index contributed by atoms with van der Waals surface area (Å²) in [7, 11) is -11.6. The van der Waals surface area contributed by atoms with Gasteiger partial charge in [0.1, 0.15) is 11.4 Å². The molecule has 0 aliphatic carbocycles. The SMILES string of the molecule is CCC(C)(C)NS(=O)(=O)c1ccc(-c2sc(C(=O)NCC(C)(C)O)nc2C(=O)N2CCC(CC3CC(NC(=O)c4nc(C(=O)N5CCC(C)CC5)c(-c5ccc(S(=O)(=O)NC(C)(C)CC)c6ccccc56)s4)CCS3(=O)=O)CC2)c2ccccc12. The fraction of sp³-hybridized carbons (Fsp3) is 0.508. The number of sulfonamides is 2. The number of benzene rings is 4. The number of fused-ring (bicyclic) bond motifs is 2. The van der Waals surface area contributed by atoms with Crippen molar-refractivity contribution in [1.29, 1.82) is 0 Å². The second-order valence-electron chi connectivity index (χ2n) is 25.0. The minimum atomic E-state index is -4.01. The Bertz CT molecular complexity index is 3890. The molecule has 2 aromatic heterocycles. The quantitative estimate of drug-likeness (QED) is 0.0507. The van der Waals surface area contributed by atoms with E-state index >= 15 is 0 Å². The molecule has 3 fully saturated rings. The molecule has 3 aliphatic rings. The Labute approximate surface area is 507 Å². The summed E-state index contributed by atoms with van der Waals surface area (Å²) in [5, 5.41) is 17.3. The summed E-state index contributed by atoms with van der Waals surface area (Å²) >= 11 is 2.03. The zero-order chi connectivity index (χ0) is 61.6. The molecule has 3 saturated heterocycles. The monoisotopic (exact) mass is 1260 g/mol. The molecule has 85 heavy (non-hydrogen) atoms. The highest BCUT2D eigenvalue weighted by atomic mass is 32.2. The fourth-order valence-corrected chi connectivity index (χ4v) is 18.6. The topological polar surface area (TPSA) is 271 Å². The van der Waals surface area contributed by atoms with Gasteiger partial charge in [0, 0.05) is 71.7 Å². The number of piperidine rings is 2. The van der Waals surface area contributed by atoms with E-state index in [1.54, 1.807) is 98.2 Å². The van der Waals surface area contributed by atoms with Gasteiger partial charge in [-0.2, -0.15) is 0 Å². The molecule has 458 valence electrons. The number of carbonyl (C=O) groups is 4. The van der Waals surface area contributed by atoms with E-state index in [0.29, 0.717) is 93.5 Å². The van der Waals surface area contributed by atoms with Gasteiger partial charge in [0.2, 0.25) is 20.0 Å². The highest BCUT2D eigenvalue weighted by Gasteiger charge is 2.40. The number of amides is 4. The molecule has 5 N–H and O–H groups in total. The Morgan fingerprint density at radius 2 is 1.07 bits per heavy atom. The number of nitrogens with one attached hydrogen (secondary N) is 4. The molecule has 3 aliphatic heterocycles. The summed E-state index contributed by atoms with van der Waals surface area (Å²) < 4.78 is 88.9. The summed E-state index contributed by atoms with van der Waals surface area (Å²) in [6.07, 6.45) is 4.26. The van der Waals surface area contributed by atoms with E-state index < -0.39 is 75.6 Å². The largest absolute Gasteiger partial charge is 0.389 e. The van der Waals surface area contributed by atoms with Crippen LogP contribution < -0.4 is 20.1 Å². The van der Waals surface area contributed by atoms with Gasteiger partial charge in [0.15, 0.2) is 19.9 Å². The van der Waals surface area contributed by atoms with Crippen LogP contribution in [-0.2, 0) is 29.9 Å². The Morgan fingerprint density at radius 1 is 0.635 bits per heavy atom. The van der Waals surface area contributed by atoms with Crippen LogP contribution in [0.1, 0.15) is 161 Å². The number of hydrogen-bond acceptors (Lipinski definition) is 15. The number of nitrogens with zero attached hydrogens (tertiary/aromatic N) is 4. The molecular weight excluding hydrogens is 1180 g/mol. The molecule has 0 saturated carbocycles. The first kappa shape index (κ1) is 63.8. The molecule has 6 aromatic rings. The third kappa shape index (κ3) is 14.3. The molecule has 24 heteroatoms. The maximum atomic E-state index is 14.8. The van der Waals surface area contributed by atoms with Crippen LogP contribution in [0.2, 0.25) is 0 Å². The highest BCUT2D eigenvalue weighted by Crippen LogP contribution is 2.42. The average molecular weight is 1260 g/mol. The molecule has 9 rings (SSSR count). The van der Waals surface area contributed by atoms with Crippen LogP contribution in [0.3, 0.4) is 0 Å². The van der Waals surface area contributed by atoms with E-state index in [1.807, 2.05) is 27.7 Å². The lowest BCUT2D eigenvalue weighted by Crippen LogP contribution is -2.46. The smallest absolute Gasteiger partial charge is 0.280 e. The van der Waals surface area contributed by atoms with E-state index in [0.717, 1.165) is 35.5 Å². The van der Waals surface area contributed by atoms with E-state index in [4.69, 9.17) is 4.98 Å². The predicted octanol–water partition coefficient (Wildman–Crippen LogP) is 9.16. The lowest BCUT2D eigenvalue weighted by Gasteiger charge is -2.36. The van der Waals surface area contributed by atoms with E-state index in [9.17, 15) is 49.5 Å². The lowest BCUT2D eigenvalue weighted by molar-refractivity contribution is 0.0674. The van der Waals surface area contributed by atoms with Gasteiger partial charge in [-0.25, -0.2) is 44.7 Å². The van der Waals surface area contributed by atoms with Gasteiger partial charge in [0.05, 0.1) is 36.1 Å². The summed E-state index contributed by atoms with van der Waals surface area (Å²) in [5.41, 5.74) is -1.55. The van der Waals surface area contributed by atoms with Crippen molar-refractivity contribution < 1.29 is 49.5 Å². The maximum Gasteiger partial charge on any atom is 0.280 e. The average Bonchev–Trinajstić information content (AvgIpc) is 1.94. The first-order chi connectivity index (χ1) is 39.9. The van der Waals surface area contributed by atoms with Crippen LogP contribution in [0.4, 0.5) is 0 Å².